The third kappa shape index (κ3) is 3.86. The summed E-state index contributed by atoms with van der Waals surface area (Å²) in [6.07, 6.45) is 3.74. The van der Waals surface area contributed by atoms with Crippen molar-refractivity contribution in [3.05, 3.63) is 54.5 Å². The van der Waals surface area contributed by atoms with Crippen LogP contribution in [0.15, 0.2) is 54.5 Å². The normalized spacial score (nSPS) is 18.8. The summed E-state index contributed by atoms with van der Waals surface area (Å²) in [5, 5.41) is 10.4. The minimum absolute atomic E-state index is 0.0187. The summed E-state index contributed by atoms with van der Waals surface area (Å²) in [6.45, 7) is 4.92. The molecular formula is C20H23NO4. The van der Waals surface area contributed by atoms with Gasteiger partial charge in [0.15, 0.2) is 5.76 Å². The van der Waals surface area contributed by atoms with Crippen molar-refractivity contribution in [2.45, 2.75) is 18.4 Å². The fourth-order valence-corrected chi connectivity index (χ4v) is 2.64. The Kier molecular flexibility index (Phi) is 6.26. The average Bonchev–Trinajstić information content (AvgIpc) is 2.64. The molecule has 0 saturated carbocycles. The molecule has 1 unspecified atom stereocenters. The van der Waals surface area contributed by atoms with Gasteiger partial charge in [-0.25, -0.2) is 0 Å². The highest BCUT2D eigenvalue weighted by Crippen LogP contribution is 2.35. The zero-order chi connectivity index (χ0) is 18.3. The predicted octanol–water partition coefficient (Wildman–Crippen LogP) is 2.28. The second-order valence-corrected chi connectivity index (χ2v) is 5.60. The van der Waals surface area contributed by atoms with E-state index in [0.717, 1.165) is 25.1 Å². The zero-order valence-corrected chi connectivity index (χ0v) is 14.6. The van der Waals surface area contributed by atoms with Crippen LogP contribution in [0.5, 0.6) is 0 Å². The first-order chi connectivity index (χ1) is 12.1. The lowest BCUT2D eigenvalue weighted by Gasteiger charge is -2.32. The van der Waals surface area contributed by atoms with Crippen LogP contribution in [-0.2, 0) is 14.3 Å². The third-order valence-electron chi connectivity index (χ3n) is 3.97. The number of methoxy groups -OCH3 is 2. The molecule has 0 bridgehead atoms. The molecule has 25 heavy (non-hydrogen) atoms. The van der Waals surface area contributed by atoms with Crippen molar-refractivity contribution < 1.29 is 19.4 Å². The number of hydrogen-bond donors (Lipinski definition) is 1. The molecule has 0 aliphatic heterocycles. The molecule has 2 rings (SSSR count). The van der Waals surface area contributed by atoms with Crippen molar-refractivity contribution in [1.82, 2.24) is 0 Å². The van der Waals surface area contributed by atoms with E-state index in [1.165, 1.54) is 14.2 Å². The van der Waals surface area contributed by atoms with Crippen LogP contribution in [0.4, 0.5) is 5.69 Å². The molecule has 1 aliphatic carbocycles. The lowest BCUT2D eigenvalue weighted by Crippen LogP contribution is -2.51. The first-order valence-corrected chi connectivity index (χ1v) is 8.09. The van der Waals surface area contributed by atoms with Crippen LogP contribution < -0.4 is 4.90 Å². The fourth-order valence-electron chi connectivity index (χ4n) is 2.64. The van der Waals surface area contributed by atoms with E-state index < -0.39 is 11.4 Å². The van der Waals surface area contributed by atoms with Gasteiger partial charge in [-0.2, -0.15) is 0 Å². The molecule has 0 spiro atoms. The first-order valence-electron chi connectivity index (χ1n) is 8.09. The van der Waals surface area contributed by atoms with Gasteiger partial charge in [0.05, 0.1) is 20.8 Å². The largest absolute Gasteiger partial charge is 0.493 e. The Morgan fingerprint density at radius 2 is 2.00 bits per heavy atom. The maximum Gasteiger partial charge on any atom is 0.254 e. The monoisotopic (exact) mass is 341 g/mol. The highest BCUT2D eigenvalue weighted by molar-refractivity contribution is 6.12. The molecule has 132 valence electrons. The number of ether oxygens (including phenoxy) is 2. The topological polar surface area (TPSA) is 59.0 Å². The van der Waals surface area contributed by atoms with E-state index in [-0.39, 0.29) is 11.5 Å². The molecule has 0 heterocycles. The van der Waals surface area contributed by atoms with Crippen LogP contribution in [0.1, 0.15) is 12.8 Å². The van der Waals surface area contributed by atoms with Gasteiger partial charge in [0.25, 0.3) is 11.4 Å². The molecular weight excluding hydrogens is 318 g/mol. The van der Waals surface area contributed by atoms with Gasteiger partial charge < -0.3 is 19.5 Å². The minimum atomic E-state index is -1.91. The molecule has 0 saturated heterocycles. The second kappa shape index (κ2) is 8.41. The van der Waals surface area contributed by atoms with E-state index in [0.29, 0.717) is 6.54 Å². The molecule has 1 aromatic carbocycles. The van der Waals surface area contributed by atoms with E-state index >= 15 is 0 Å². The number of anilines is 1. The molecule has 1 aromatic rings. The smallest absolute Gasteiger partial charge is 0.254 e. The van der Waals surface area contributed by atoms with Crippen molar-refractivity contribution in [2.24, 2.45) is 0 Å². The fraction of sp³-hybridized carbons (Fsp3) is 0.350. The number of allylic oxidation sites excluding steroid dienone is 1. The van der Waals surface area contributed by atoms with Crippen molar-refractivity contribution in [3.63, 3.8) is 0 Å². The Hall–Kier alpha value is -2.71. The summed E-state index contributed by atoms with van der Waals surface area (Å²) in [7, 11) is 2.73. The average molecular weight is 341 g/mol. The summed E-state index contributed by atoms with van der Waals surface area (Å²) < 4.78 is 9.97. The van der Waals surface area contributed by atoms with Gasteiger partial charge in [-0.15, -0.1) is 6.58 Å². The van der Waals surface area contributed by atoms with Crippen LogP contribution in [0.25, 0.3) is 0 Å². The van der Waals surface area contributed by atoms with Crippen LogP contribution in [0.3, 0.4) is 0 Å². The van der Waals surface area contributed by atoms with Crippen LogP contribution in [-0.4, -0.2) is 43.8 Å². The molecule has 0 fully saturated rings. The molecule has 1 N–H and O–H groups in total. The van der Waals surface area contributed by atoms with Gasteiger partial charge in [0, 0.05) is 12.2 Å². The van der Waals surface area contributed by atoms with E-state index in [9.17, 15) is 9.90 Å². The van der Waals surface area contributed by atoms with E-state index in [1.54, 1.807) is 0 Å². The molecule has 0 amide bonds. The number of unbranched alkanes of at least 4 members (excludes halogenated alkanes) is 1. The Bertz CT molecular complexity index is 714. The van der Waals surface area contributed by atoms with E-state index in [1.807, 2.05) is 36.4 Å². The van der Waals surface area contributed by atoms with Gasteiger partial charge in [-0.05, 0) is 30.9 Å². The molecule has 0 radical (unpaired) electrons. The number of para-hydroxylation sites is 1. The Labute approximate surface area is 148 Å². The number of ketones is 1. The van der Waals surface area contributed by atoms with Crippen LogP contribution in [0, 0.1) is 11.8 Å². The molecule has 1 atom stereocenters. The number of benzene rings is 1. The predicted molar refractivity (Wildman–Crippen MR) is 96.9 cm³/mol. The van der Waals surface area contributed by atoms with Gasteiger partial charge in [0.2, 0.25) is 5.76 Å². The quantitative estimate of drug-likeness (QED) is 0.447. The van der Waals surface area contributed by atoms with Gasteiger partial charge >= 0.3 is 0 Å². The number of hydrogen-bond acceptors (Lipinski definition) is 5. The number of nitrogens with zero attached hydrogens (tertiary/aromatic N) is 1. The molecule has 0 aromatic heterocycles. The van der Waals surface area contributed by atoms with E-state index in [2.05, 4.69) is 23.3 Å². The molecule has 5 nitrogen and oxygen atoms in total. The molecule has 1 aliphatic rings. The van der Waals surface area contributed by atoms with Crippen LogP contribution in [0.2, 0.25) is 0 Å². The lowest BCUT2D eigenvalue weighted by atomic mass is 9.83. The maximum atomic E-state index is 12.0. The van der Waals surface area contributed by atoms with Crippen LogP contribution >= 0.6 is 0 Å². The number of Topliss-reactive ketones (excluding diaryl/α,β-unsaturated/α-hetero) is 1. The standard InChI is InChI=1S/C20H23NO4/c1-4-5-9-14-21(16-11-7-6-8-12-16)15-10-13-20(23)18(22)17(24-2)19(20)25-3/h4,6-8,11-12,23H,1,5,9,14-15H2,2-3H3. The summed E-state index contributed by atoms with van der Waals surface area (Å²) in [4.78, 5) is 14.1. The van der Waals surface area contributed by atoms with Gasteiger partial charge in [0.1, 0.15) is 0 Å². The van der Waals surface area contributed by atoms with E-state index in [4.69, 9.17) is 9.47 Å². The summed E-state index contributed by atoms with van der Waals surface area (Å²) in [6, 6.07) is 9.88. The summed E-state index contributed by atoms with van der Waals surface area (Å²) in [5.41, 5.74) is -0.878. The Morgan fingerprint density at radius 3 is 2.60 bits per heavy atom. The maximum absolute atomic E-state index is 12.0. The highest BCUT2D eigenvalue weighted by Gasteiger charge is 2.55. The van der Waals surface area contributed by atoms with Gasteiger partial charge in [-0.1, -0.05) is 30.2 Å². The summed E-state index contributed by atoms with van der Waals surface area (Å²) in [5.74, 6) is 5.04. The molecule has 5 heteroatoms. The van der Waals surface area contributed by atoms with Crippen molar-refractivity contribution in [2.75, 3.05) is 32.2 Å². The van der Waals surface area contributed by atoms with Crippen molar-refractivity contribution >= 4 is 11.5 Å². The number of rotatable bonds is 8. The van der Waals surface area contributed by atoms with Gasteiger partial charge in [-0.3, -0.25) is 4.79 Å². The highest BCUT2D eigenvalue weighted by atomic mass is 16.5. The Morgan fingerprint density at radius 1 is 1.28 bits per heavy atom. The third-order valence-corrected chi connectivity index (χ3v) is 3.97. The second-order valence-electron chi connectivity index (χ2n) is 5.60. The number of carbonyl (C=O) groups excluding carboxylic acids is 1. The lowest BCUT2D eigenvalue weighted by molar-refractivity contribution is -0.138. The SMILES string of the molecule is C=CCCCN(CC#CC1(O)C(=O)C(OC)=C1OC)c1ccccc1. The van der Waals surface area contributed by atoms with Crippen molar-refractivity contribution in [1.29, 1.82) is 0 Å². The minimum Gasteiger partial charge on any atom is -0.493 e. The summed E-state index contributed by atoms with van der Waals surface area (Å²) >= 11 is 0. The Balaban J connectivity index is 2.14. The first kappa shape index (κ1) is 18.6. The van der Waals surface area contributed by atoms with Crippen molar-refractivity contribution in [3.8, 4) is 11.8 Å². The number of carbonyl (C=O) groups is 1. The number of aliphatic hydroxyl groups is 1. The zero-order valence-electron chi connectivity index (χ0n) is 14.6.